The third-order valence-electron chi connectivity index (χ3n) is 4.67. The maximum absolute atomic E-state index is 6.15. The van der Waals surface area contributed by atoms with Crippen LogP contribution in [0.4, 0.5) is 0 Å². The molecule has 118 valence electrons. The van der Waals surface area contributed by atoms with Crippen molar-refractivity contribution in [2.45, 2.75) is 44.7 Å². The number of likely N-dealkylation sites (tertiary alicyclic amines) is 1. The highest BCUT2D eigenvalue weighted by atomic mass is 35.5. The van der Waals surface area contributed by atoms with Gasteiger partial charge in [-0.25, -0.2) is 0 Å². The zero-order chi connectivity index (χ0) is 15.5. The number of halogens is 1. The number of hydrogen-bond donors (Lipinski definition) is 1. The molecule has 0 aromatic heterocycles. The third-order valence-corrected chi connectivity index (χ3v) is 4.99. The number of piperidine rings is 1. The van der Waals surface area contributed by atoms with Crippen LogP contribution in [-0.2, 0) is 0 Å². The van der Waals surface area contributed by atoms with E-state index in [2.05, 4.69) is 36.2 Å². The molecule has 3 nitrogen and oxygen atoms in total. The van der Waals surface area contributed by atoms with Crippen molar-refractivity contribution in [3.8, 4) is 5.75 Å². The lowest BCUT2D eigenvalue weighted by atomic mass is 9.85. The molecule has 0 aliphatic carbocycles. The SMILES string of the molecule is CNC(c1ccc(Cl)c(OC)c1)C(C)(C)N1CCCCC1. The van der Waals surface area contributed by atoms with Crippen LogP contribution in [0.25, 0.3) is 0 Å². The Morgan fingerprint density at radius 2 is 1.90 bits per heavy atom. The lowest BCUT2D eigenvalue weighted by molar-refractivity contribution is 0.0632. The standard InChI is InChI=1S/C17H27ClN2O/c1-17(2,20-10-6-5-7-11-20)16(19-3)13-8-9-14(18)15(12-13)21-4/h8-9,12,16,19H,5-7,10-11H2,1-4H3. The van der Waals surface area contributed by atoms with Crippen molar-refractivity contribution in [3.63, 3.8) is 0 Å². The maximum atomic E-state index is 6.15. The summed E-state index contributed by atoms with van der Waals surface area (Å²) in [6.07, 6.45) is 3.94. The molecule has 1 atom stereocenters. The summed E-state index contributed by atoms with van der Waals surface area (Å²) >= 11 is 6.15. The molecule has 21 heavy (non-hydrogen) atoms. The fourth-order valence-electron chi connectivity index (χ4n) is 3.44. The molecule has 4 heteroatoms. The smallest absolute Gasteiger partial charge is 0.137 e. The van der Waals surface area contributed by atoms with Gasteiger partial charge in [-0.2, -0.15) is 0 Å². The summed E-state index contributed by atoms with van der Waals surface area (Å²) in [4.78, 5) is 2.60. The first-order valence-electron chi connectivity index (χ1n) is 7.76. The maximum Gasteiger partial charge on any atom is 0.137 e. The summed E-state index contributed by atoms with van der Waals surface area (Å²) in [7, 11) is 3.69. The average molecular weight is 311 g/mol. The number of nitrogens with one attached hydrogen (secondary N) is 1. The molecule has 1 heterocycles. The number of methoxy groups -OCH3 is 1. The van der Waals surface area contributed by atoms with Crippen molar-refractivity contribution in [1.82, 2.24) is 10.2 Å². The first-order valence-corrected chi connectivity index (χ1v) is 8.14. The van der Waals surface area contributed by atoms with E-state index in [1.807, 2.05) is 13.1 Å². The molecule has 0 saturated carbocycles. The van der Waals surface area contributed by atoms with Gasteiger partial charge < -0.3 is 10.1 Å². The Morgan fingerprint density at radius 1 is 1.24 bits per heavy atom. The summed E-state index contributed by atoms with van der Waals surface area (Å²) in [5, 5.41) is 4.15. The Hall–Kier alpha value is -0.770. The third kappa shape index (κ3) is 3.53. The Kier molecular flexibility index (Phi) is 5.53. The predicted octanol–water partition coefficient (Wildman–Crippen LogP) is 3.87. The molecule has 1 unspecified atom stereocenters. The summed E-state index contributed by atoms with van der Waals surface area (Å²) in [6.45, 7) is 6.99. The van der Waals surface area contributed by atoms with Crippen LogP contribution >= 0.6 is 11.6 Å². The van der Waals surface area contributed by atoms with E-state index in [1.165, 1.54) is 37.9 Å². The highest BCUT2D eigenvalue weighted by Crippen LogP contribution is 2.36. The second kappa shape index (κ2) is 6.99. The molecule has 1 fully saturated rings. The highest BCUT2D eigenvalue weighted by Gasteiger charge is 2.36. The van der Waals surface area contributed by atoms with Crippen molar-refractivity contribution in [2.75, 3.05) is 27.2 Å². The Balaban J connectivity index is 2.29. The number of nitrogens with zero attached hydrogens (tertiary/aromatic N) is 1. The van der Waals surface area contributed by atoms with Gasteiger partial charge in [-0.1, -0.05) is 24.1 Å². The Morgan fingerprint density at radius 3 is 2.48 bits per heavy atom. The molecule has 1 aromatic carbocycles. The largest absolute Gasteiger partial charge is 0.495 e. The quantitative estimate of drug-likeness (QED) is 0.893. The van der Waals surface area contributed by atoms with E-state index in [1.54, 1.807) is 7.11 Å². The van der Waals surface area contributed by atoms with Crippen molar-refractivity contribution in [2.24, 2.45) is 0 Å². The average Bonchev–Trinajstić information content (AvgIpc) is 2.50. The molecule has 0 amide bonds. The second-order valence-electron chi connectivity index (χ2n) is 6.32. The predicted molar refractivity (Wildman–Crippen MR) is 89.3 cm³/mol. The van der Waals surface area contributed by atoms with Crippen LogP contribution < -0.4 is 10.1 Å². The normalized spacial score (nSPS) is 18.5. The van der Waals surface area contributed by atoms with E-state index in [9.17, 15) is 0 Å². The van der Waals surface area contributed by atoms with Crippen molar-refractivity contribution in [3.05, 3.63) is 28.8 Å². The van der Waals surface area contributed by atoms with E-state index in [4.69, 9.17) is 16.3 Å². The molecule has 1 N–H and O–H groups in total. The van der Waals surface area contributed by atoms with Gasteiger partial charge in [0.15, 0.2) is 0 Å². The van der Waals surface area contributed by atoms with Crippen molar-refractivity contribution in [1.29, 1.82) is 0 Å². The second-order valence-corrected chi connectivity index (χ2v) is 6.72. The summed E-state index contributed by atoms with van der Waals surface area (Å²) in [5.41, 5.74) is 1.27. The minimum absolute atomic E-state index is 0.0496. The summed E-state index contributed by atoms with van der Waals surface area (Å²) in [6, 6.07) is 6.31. The van der Waals surface area contributed by atoms with Gasteiger partial charge in [0.2, 0.25) is 0 Å². The number of rotatable bonds is 5. The van der Waals surface area contributed by atoms with E-state index < -0.39 is 0 Å². The minimum atomic E-state index is 0.0496. The molecule has 1 aliphatic rings. The van der Waals surface area contributed by atoms with Crippen LogP contribution in [0, 0.1) is 0 Å². The van der Waals surface area contributed by atoms with Crippen LogP contribution in [-0.4, -0.2) is 37.7 Å². The fraction of sp³-hybridized carbons (Fsp3) is 0.647. The molecule has 0 radical (unpaired) electrons. The van der Waals surface area contributed by atoms with Crippen LogP contribution in [0.3, 0.4) is 0 Å². The van der Waals surface area contributed by atoms with Gasteiger partial charge in [-0.3, -0.25) is 4.90 Å². The molecule has 1 aliphatic heterocycles. The van der Waals surface area contributed by atoms with Crippen LogP contribution in [0.1, 0.15) is 44.7 Å². The molecular formula is C17H27ClN2O. The number of hydrogen-bond acceptors (Lipinski definition) is 3. The van der Waals surface area contributed by atoms with Gasteiger partial charge in [0, 0.05) is 5.54 Å². The number of benzene rings is 1. The zero-order valence-corrected chi connectivity index (χ0v) is 14.3. The van der Waals surface area contributed by atoms with Gasteiger partial charge in [-0.15, -0.1) is 0 Å². The Labute approximate surface area is 133 Å². The fourth-order valence-corrected chi connectivity index (χ4v) is 3.63. The van der Waals surface area contributed by atoms with Gasteiger partial charge in [-0.05, 0) is 64.5 Å². The Bertz CT molecular complexity index is 470. The van der Waals surface area contributed by atoms with Crippen molar-refractivity contribution < 1.29 is 4.74 Å². The monoisotopic (exact) mass is 310 g/mol. The zero-order valence-electron chi connectivity index (χ0n) is 13.6. The van der Waals surface area contributed by atoms with E-state index in [0.29, 0.717) is 5.02 Å². The van der Waals surface area contributed by atoms with E-state index in [-0.39, 0.29) is 11.6 Å². The van der Waals surface area contributed by atoms with Gasteiger partial charge >= 0.3 is 0 Å². The van der Waals surface area contributed by atoms with E-state index >= 15 is 0 Å². The minimum Gasteiger partial charge on any atom is -0.495 e. The molecule has 1 saturated heterocycles. The highest BCUT2D eigenvalue weighted by molar-refractivity contribution is 6.32. The lowest BCUT2D eigenvalue weighted by Crippen LogP contribution is -2.53. The van der Waals surface area contributed by atoms with Gasteiger partial charge in [0.05, 0.1) is 18.2 Å². The number of likely N-dealkylation sites (N-methyl/N-ethyl adjacent to an activating group) is 1. The lowest BCUT2D eigenvalue weighted by Gasteiger charge is -2.46. The molecular weight excluding hydrogens is 284 g/mol. The summed E-state index contributed by atoms with van der Waals surface area (Å²) < 4.78 is 5.37. The molecule has 0 bridgehead atoms. The first-order chi connectivity index (χ1) is 10.0. The van der Waals surface area contributed by atoms with Crippen LogP contribution in [0.2, 0.25) is 5.02 Å². The molecule has 1 aromatic rings. The van der Waals surface area contributed by atoms with E-state index in [0.717, 1.165) is 5.75 Å². The number of ether oxygens (including phenoxy) is 1. The summed E-state index contributed by atoms with van der Waals surface area (Å²) in [5.74, 6) is 0.740. The molecule has 2 rings (SSSR count). The first kappa shape index (κ1) is 16.6. The van der Waals surface area contributed by atoms with Crippen LogP contribution in [0.5, 0.6) is 5.75 Å². The van der Waals surface area contributed by atoms with Gasteiger partial charge in [0.1, 0.15) is 5.75 Å². The molecule has 0 spiro atoms. The topological polar surface area (TPSA) is 24.5 Å². The van der Waals surface area contributed by atoms with Crippen LogP contribution in [0.15, 0.2) is 18.2 Å². The van der Waals surface area contributed by atoms with Crippen molar-refractivity contribution >= 4 is 11.6 Å². The van der Waals surface area contributed by atoms with Gasteiger partial charge in [0.25, 0.3) is 0 Å².